The Hall–Kier alpha value is -2.56. The molecule has 2 unspecified atom stereocenters. The molecule has 1 saturated heterocycles. The number of hydrogen-bond donors (Lipinski definition) is 2. The zero-order chi connectivity index (χ0) is 23.2. The van der Waals surface area contributed by atoms with E-state index in [1.165, 1.54) is 5.41 Å². The van der Waals surface area contributed by atoms with Gasteiger partial charge in [-0.05, 0) is 51.0 Å². The zero-order valence-electron chi connectivity index (χ0n) is 18.8. The third-order valence-corrected chi connectivity index (χ3v) is 8.35. The number of anilines is 1. The minimum Gasteiger partial charge on any atom is -0.379 e. The van der Waals surface area contributed by atoms with Crippen LogP contribution in [0.25, 0.3) is 0 Å². The summed E-state index contributed by atoms with van der Waals surface area (Å²) in [6.07, 6.45) is 2.01. The third-order valence-electron chi connectivity index (χ3n) is 6.48. The number of amides is 2. The second-order valence-corrected chi connectivity index (χ2v) is 11.4. The predicted molar refractivity (Wildman–Crippen MR) is 127 cm³/mol. The van der Waals surface area contributed by atoms with Crippen LogP contribution in [0.2, 0.25) is 0 Å². The van der Waals surface area contributed by atoms with Gasteiger partial charge in [0.05, 0.1) is 24.2 Å². The fourth-order valence-corrected chi connectivity index (χ4v) is 5.54. The molecule has 4 aliphatic rings. The Morgan fingerprint density at radius 1 is 1.18 bits per heavy atom. The summed E-state index contributed by atoms with van der Waals surface area (Å²) in [5.74, 6) is 0.575. The summed E-state index contributed by atoms with van der Waals surface area (Å²) in [6, 6.07) is 7.62. The van der Waals surface area contributed by atoms with Crippen molar-refractivity contribution >= 4 is 33.1 Å². The van der Waals surface area contributed by atoms with Crippen LogP contribution in [0.1, 0.15) is 38.7 Å². The number of urea groups is 1. The van der Waals surface area contributed by atoms with Crippen molar-refractivity contribution in [2.24, 2.45) is 9.98 Å². The van der Waals surface area contributed by atoms with Crippen LogP contribution in [-0.4, -0.2) is 74.2 Å². The maximum absolute atomic E-state index is 12.6. The van der Waals surface area contributed by atoms with Gasteiger partial charge in [-0.2, -0.15) is 0 Å². The lowest BCUT2D eigenvalue weighted by Gasteiger charge is -2.41. The number of fused-ring (bicyclic) bond motifs is 1. The topological polar surface area (TPSA) is 112 Å². The van der Waals surface area contributed by atoms with Crippen molar-refractivity contribution in [2.45, 2.75) is 56.6 Å². The highest BCUT2D eigenvalue weighted by Gasteiger charge is 2.39. The van der Waals surface area contributed by atoms with Crippen LogP contribution in [0.15, 0.2) is 45.2 Å². The van der Waals surface area contributed by atoms with Gasteiger partial charge in [0.2, 0.25) is 0 Å². The maximum Gasteiger partial charge on any atom is 0.319 e. The quantitative estimate of drug-likeness (QED) is 0.700. The van der Waals surface area contributed by atoms with Crippen molar-refractivity contribution in [2.75, 3.05) is 25.1 Å². The number of nitrogens with one attached hydrogen (secondary N) is 2. The van der Waals surface area contributed by atoms with Crippen LogP contribution >= 0.6 is 0 Å². The van der Waals surface area contributed by atoms with E-state index >= 15 is 0 Å². The van der Waals surface area contributed by atoms with E-state index in [0.29, 0.717) is 49.3 Å². The molecule has 5 rings (SSSR count). The number of benzene rings is 1. The summed E-state index contributed by atoms with van der Waals surface area (Å²) in [5, 5.41) is 6.61. The molecule has 176 valence electrons. The van der Waals surface area contributed by atoms with Gasteiger partial charge in [-0.25, -0.2) is 23.2 Å². The van der Waals surface area contributed by atoms with E-state index in [1.807, 2.05) is 24.3 Å². The molecular weight excluding hydrogens is 442 g/mol. The first-order chi connectivity index (χ1) is 15.8. The highest BCUT2D eigenvalue weighted by molar-refractivity contribution is 7.95. The second kappa shape index (κ2) is 8.66. The molecule has 10 heteroatoms. The van der Waals surface area contributed by atoms with Crippen LogP contribution in [-0.2, 0) is 14.6 Å². The second-order valence-electron chi connectivity index (χ2n) is 9.17. The molecule has 3 aliphatic heterocycles. The molecule has 2 amide bonds. The molecule has 0 spiro atoms. The third kappa shape index (κ3) is 4.73. The average molecular weight is 472 g/mol. The summed E-state index contributed by atoms with van der Waals surface area (Å²) >= 11 is 0. The summed E-state index contributed by atoms with van der Waals surface area (Å²) in [7, 11) is -3.34. The number of aliphatic imine (C=N–C) groups is 2. The monoisotopic (exact) mass is 471 g/mol. The minimum atomic E-state index is -3.34. The van der Waals surface area contributed by atoms with E-state index in [2.05, 4.69) is 22.5 Å². The Morgan fingerprint density at radius 3 is 2.64 bits per heavy atom. The number of morpholine rings is 1. The number of sulfone groups is 1. The molecule has 2 N–H and O–H groups in total. The number of nitrogens with zero attached hydrogens (tertiary/aromatic N) is 3. The van der Waals surface area contributed by atoms with Crippen molar-refractivity contribution in [1.29, 1.82) is 0 Å². The minimum absolute atomic E-state index is 0.104. The number of rotatable bonds is 4. The van der Waals surface area contributed by atoms with Crippen molar-refractivity contribution in [3.05, 3.63) is 40.8 Å². The lowest BCUT2D eigenvalue weighted by atomic mass is 10.00. The van der Waals surface area contributed by atoms with Gasteiger partial charge in [-0.1, -0.05) is 0 Å². The van der Waals surface area contributed by atoms with Gasteiger partial charge in [0.25, 0.3) is 0 Å². The molecule has 2 fully saturated rings. The van der Waals surface area contributed by atoms with Crippen molar-refractivity contribution in [3.63, 3.8) is 0 Å². The van der Waals surface area contributed by atoms with Gasteiger partial charge in [-0.15, -0.1) is 0 Å². The number of ether oxygens (including phenoxy) is 1. The fraction of sp³-hybridized carbons (Fsp3) is 0.522. The van der Waals surface area contributed by atoms with Crippen molar-refractivity contribution in [3.8, 4) is 0 Å². The lowest BCUT2D eigenvalue weighted by Crippen LogP contribution is -2.52. The number of amidine groups is 1. The SMILES string of the molecule is CC1CC2=NC(c3ccc(NC(=O)NC4CC4)cc3)=NC(N3CCOC[C@@H]3C)C2=CS1(=O)=O. The van der Waals surface area contributed by atoms with Gasteiger partial charge in [0.1, 0.15) is 6.17 Å². The first-order valence-electron chi connectivity index (χ1n) is 11.4. The predicted octanol–water partition coefficient (Wildman–Crippen LogP) is 2.31. The van der Waals surface area contributed by atoms with Crippen LogP contribution in [0, 0.1) is 0 Å². The molecule has 3 atom stereocenters. The molecule has 9 nitrogen and oxygen atoms in total. The Kier molecular flexibility index (Phi) is 5.84. The number of carbonyl (C=O) groups excluding carboxylic acids is 1. The summed E-state index contributed by atoms with van der Waals surface area (Å²) in [5.41, 5.74) is 2.96. The summed E-state index contributed by atoms with van der Waals surface area (Å²) in [4.78, 5) is 23.9. The van der Waals surface area contributed by atoms with E-state index < -0.39 is 21.3 Å². The Labute approximate surface area is 193 Å². The summed E-state index contributed by atoms with van der Waals surface area (Å²) in [6.45, 7) is 5.61. The highest BCUT2D eigenvalue weighted by atomic mass is 32.2. The van der Waals surface area contributed by atoms with Crippen LogP contribution in [0.5, 0.6) is 0 Å². The molecule has 1 saturated carbocycles. The Morgan fingerprint density at radius 2 is 1.94 bits per heavy atom. The number of hydrogen-bond acceptors (Lipinski definition) is 7. The number of carbonyl (C=O) groups is 1. The highest BCUT2D eigenvalue weighted by Crippen LogP contribution is 2.32. The normalized spacial score (nSPS) is 29.3. The molecule has 1 aromatic rings. The van der Waals surface area contributed by atoms with Crippen LogP contribution in [0.3, 0.4) is 0 Å². The van der Waals surface area contributed by atoms with Gasteiger partial charge in [0, 0.05) is 47.3 Å². The van der Waals surface area contributed by atoms with E-state index in [9.17, 15) is 13.2 Å². The molecule has 0 radical (unpaired) electrons. The van der Waals surface area contributed by atoms with Crippen LogP contribution in [0.4, 0.5) is 10.5 Å². The Bertz CT molecular complexity index is 1140. The largest absolute Gasteiger partial charge is 0.379 e. The lowest BCUT2D eigenvalue weighted by molar-refractivity contribution is -0.0127. The first kappa shape index (κ1) is 22.2. The fourth-order valence-electron chi connectivity index (χ4n) is 4.31. The first-order valence-corrected chi connectivity index (χ1v) is 13.0. The molecule has 3 heterocycles. The van der Waals surface area contributed by atoms with Gasteiger partial charge in [-0.3, -0.25) is 4.90 Å². The summed E-state index contributed by atoms with van der Waals surface area (Å²) < 4.78 is 30.8. The van der Waals surface area contributed by atoms with Gasteiger partial charge in [0.15, 0.2) is 15.7 Å². The molecule has 1 aliphatic carbocycles. The van der Waals surface area contributed by atoms with E-state index in [4.69, 9.17) is 14.7 Å². The maximum atomic E-state index is 12.6. The molecular formula is C23H29N5O4S. The van der Waals surface area contributed by atoms with E-state index in [0.717, 1.165) is 24.1 Å². The Balaban J connectivity index is 1.44. The standard InChI is InChI=1S/C23H29N5O4S/c1-14-12-32-10-9-28(14)22-19-13-33(30,31)15(2)11-20(19)26-21(27-22)16-3-5-17(6-4-16)24-23(29)25-18-7-8-18/h3-6,13-15,18,22H,7-12H2,1-2H3,(H2,24,25,29)/t14-,15?,22?/m0/s1. The van der Waals surface area contributed by atoms with Crippen molar-refractivity contribution in [1.82, 2.24) is 10.2 Å². The smallest absolute Gasteiger partial charge is 0.319 e. The van der Waals surface area contributed by atoms with Gasteiger partial charge >= 0.3 is 6.03 Å². The molecule has 0 aromatic heterocycles. The molecule has 1 aromatic carbocycles. The average Bonchev–Trinajstić information content (AvgIpc) is 3.59. The molecule has 0 bridgehead atoms. The van der Waals surface area contributed by atoms with Crippen LogP contribution < -0.4 is 10.6 Å². The van der Waals surface area contributed by atoms with Gasteiger partial charge < -0.3 is 15.4 Å². The van der Waals surface area contributed by atoms with E-state index in [-0.39, 0.29) is 12.1 Å². The zero-order valence-corrected chi connectivity index (χ0v) is 19.6. The van der Waals surface area contributed by atoms with E-state index in [1.54, 1.807) is 6.92 Å². The van der Waals surface area contributed by atoms with Crippen molar-refractivity contribution < 1.29 is 17.9 Å². The molecule has 33 heavy (non-hydrogen) atoms.